The first kappa shape index (κ1) is 13.9. The van der Waals surface area contributed by atoms with E-state index in [-0.39, 0.29) is 62.1 Å². The molecular formula is C5H4BClF3KN2. The van der Waals surface area contributed by atoms with Crippen LogP contribution in [0.5, 0.6) is 0 Å². The van der Waals surface area contributed by atoms with Gasteiger partial charge in [0.05, 0.1) is 0 Å². The van der Waals surface area contributed by atoms with E-state index in [0.717, 1.165) is 6.07 Å². The molecule has 0 fully saturated rings. The molecule has 0 saturated carbocycles. The molecule has 0 amide bonds. The Balaban J connectivity index is 0.00000144. The van der Waals surface area contributed by atoms with Gasteiger partial charge >= 0.3 is 58.4 Å². The van der Waals surface area contributed by atoms with Crippen molar-refractivity contribution in [2.45, 2.75) is 6.92 Å². The Morgan fingerprint density at radius 3 is 2.23 bits per heavy atom. The molecule has 0 bridgehead atoms. The molecule has 0 saturated heterocycles. The van der Waals surface area contributed by atoms with Crippen molar-refractivity contribution in [1.82, 2.24) is 10.2 Å². The van der Waals surface area contributed by atoms with Crippen molar-refractivity contribution >= 4 is 24.2 Å². The largest absolute Gasteiger partial charge is 1.00 e. The van der Waals surface area contributed by atoms with Crippen molar-refractivity contribution in [2.24, 2.45) is 0 Å². The van der Waals surface area contributed by atoms with Crippen LogP contribution in [0.25, 0.3) is 0 Å². The molecule has 0 unspecified atom stereocenters. The maximum absolute atomic E-state index is 12.0. The van der Waals surface area contributed by atoms with E-state index in [0.29, 0.717) is 0 Å². The van der Waals surface area contributed by atoms with E-state index >= 15 is 0 Å². The standard InChI is InChI=1S/C5H4BClF3N2.K/c1-3-2-4(6(8,9)10)11-12-5(3)7;/h2H,1H3;/q-1;+1. The monoisotopic (exact) mass is 234 g/mol. The Bertz CT molecular complexity index is 306. The van der Waals surface area contributed by atoms with Crippen molar-refractivity contribution < 1.29 is 64.3 Å². The Morgan fingerprint density at radius 2 is 1.85 bits per heavy atom. The van der Waals surface area contributed by atoms with Gasteiger partial charge in [0.15, 0.2) is 5.15 Å². The number of nitrogens with zero attached hydrogens (tertiary/aromatic N) is 2. The van der Waals surface area contributed by atoms with Gasteiger partial charge in [0.1, 0.15) is 0 Å². The third kappa shape index (κ3) is 3.85. The van der Waals surface area contributed by atoms with Gasteiger partial charge in [-0.25, -0.2) is 0 Å². The van der Waals surface area contributed by atoms with Gasteiger partial charge in [-0.05, 0) is 12.5 Å². The summed E-state index contributed by atoms with van der Waals surface area (Å²) >= 11 is 5.40. The van der Waals surface area contributed by atoms with Crippen LogP contribution in [-0.4, -0.2) is 17.2 Å². The maximum Gasteiger partial charge on any atom is 1.00 e. The van der Waals surface area contributed by atoms with Gasteiger partial charge in [-0.2, -0.15) is 5.10 Å². The summed E-state index contributed by atoms with van der Waals surface area (Å²) in [6, 6.07) is 0.884. The van der Waals surface area contributed by atoms with Crippen molar-refractivity contribution in [2.75, 3.05) is 0 Å². The first-order valence-corrected chi connectivity index (χ1v) is 3.48. The molecular weight excluding hydrogens is 230 g/mol. The number of aromatic nitrogens is 2. The van der Waals surface area contributed by atoms with Gasteiger partial charge in [0.25, 0.3) is 0 Å². The summed E-state index contributed by atoms with van der Waals surface area (Å²) < 4.78 is 36.0. The molecule has 1 rings (SSSR count). The predicted molar refractivity (Wildman–Crippen MR) is 40.5 cm³/mol. The quantitative estimate of drug-likeness (QED) is 0.553. The van der Waals surface area contributed by atoms with Crippen LogP contribution in [0, 0.1) is 6.92 Å². The molecule has 13 heavy (non-hydrogen) atoms. The minimum Gasteiger partial charge on any atom is -0.444 e. The summed E-state index contributed by atoms with van der Waals surface area (Å²) in [5.41, 5.74) is -0.683. The molecule has 0 radical (unpaired) electrons. The smallest absolute Gasteiger partial charge is 0.444 e. The molecule has 0 aliphatic carbocycles. The zero-order valence-electron chi connectivity index (χ0n) is 7.06. The van der Waals surface area contributed by atoms with Crippen molar-refractivity contribution in [3.63, 3.8) is 0 Å². The first-order valence-electron chi connectivity index (χ1n) is 3.11. The molecule has 0 aliphatic heterocycles. The zero-order chi connectivity index (χ0) is 9.35. The van der Waals surface area contributed by atoms with Crippen LogP contribution >= 0.6 is 11.6 Å². The molecule has 0 aliphatic rings. The molecule has 0 N–H and O–H groups in total. The van der Waals surface area contributed by atoms with E-state index in [9.17, 15) is 12.9 Å². The van der Waals surface area contributed by atoms with Gasteiger partial charge in [-0.3, -0.25) is 0 Å². The van der Waals surface area contributed by atoms with Crippen LogP contribution in [0.3, 0.4) is 0 Å². The summed E-state index contributed by atoms with van der Waals surface area (Å²) in [6.45, 7) is -3.62. The minimum atomic E-state index is -5.07. The second-order valence-electron chi connectivity index (χ2n) is 2.32. The fourth-order valence-corrected chi connectivity index (χ4v) is 0.743. The fourth-order valence-electron chi connectivity index (χ4n) is 0.651. The molecule has 2 nitrogen and oxygen atoms in total. The Kier molecular flexibility index (Phi) is 5.42. The van der Waals surface area contributed by atoms with Gasteiger partial charge in [-0.1, -0.05) is 17.7 Å². The topological polar surface area (TPSA) is 25.8 Å². The summed E-state index contributed by atoms with van der Waals surface area (Å²) in [7, 11) is 0. The number of rotatable bonds is 1. The zero-order valence-corrected chi connectivity index (χ0v) is 10.9. The average Bonchev–Trinajstić information content (AvgIpc) is 1.92. The second-order valence-corrected chi connectivity index (χ2v) is 2.68. The summed E-state index contributed by atoms with van der Waals surface area (Å²) in [5.74, 6) is 0. The molecule has 1 heterocycles. The van der Waals surface area contributed by atoms with E-state index in [4.69, 9.17) is 11.6 Å². The number of hydrogen-bond donors (Lipinski definition) is 0. The van der Waals surface area contributed by atoms with Gasteiger partial charge in [0, 0.05) is 5.59 Å². The molecule has 1 aromatic heterocycles. The molecule has 0 aromatic carbocycles. The molecule has 1 aromatic rings. The number of halogens is 4. The molecule has 66 valence electrons. The Morgan fingerprint density at radius 1 is 1.31 bits per heavy atom. The summed E-state index contributed by atoms with van der Waals surface area (Å²) in [4.78, 5) is 0. The molecule has 0 atom stereocenters. The minimum absolute atomic E-state index is 0. The summed E-state index contributed by atoms with van der Waals surface area (Å²) in [6.07, 6.45) is 0. The second kappa shape index (κ2) is 5.09. The number of hydrogen-bond acceptors (Lipinski definition) is 2. The van der Waals surface area contributed by atoms with Crippen LogP contribution < -0.4 is 57.0 Å². The van der Waals surface area contributed by atoms with Crippen molar-refractivity contribution in [1.29, 1.82) is 0 Å². The van der Waals surface area contributed by atoms with E-state index in [2.05, 4.69) is 10.2 Å². The summed E-state index contributed by atoms with van der Waals surface area (Å²) in [5, 5.41) is 6.09. The third-order valence-electron chi connectivity index (χ3n) is 1.28. The normalized spacial score (nSPS) is 10.8. The number of aryl methyl sites for hydroxylation is 1. The SMILES string of the molecule is Cc1cc([B-](F)(F)F)nnc1Cl.[K+]. The average molecular weight is 234 g/mol. The van der Waals surface area contributed by atoms with Gasteiger partial charge in [-0.15, -0.1) is 5.10 Å². The van der Waals surface area contributed by atoms with Crippen LogP contribution in [0.2, 0.25) is 5.15 Å². The van der Waals surface area contributed by atoms with Crippen LogP contribution in [-0.2, 0) is 0 Å². The maximum atomic E-state index is 12.0. The first-order chi connectivity index (χ1) is 5.41. The fraction of sp³-hybridized carbons (Fsp3) is 0.200. The van der Waals surface area contributed by atoms with Crippen molar-refractivity contribution in [3.05, 3.63) is 16.8 Å². The third-order valence-corrected chi connectivity index (χ3v) is 1.65. The molecule has 0 spiro atoms. The van der Waals surface area contributed by atoms with Crippen LogP contribution in [0.15, 0.2) is 6.07 Å². The predicted octanol–water partition coefficient (Wildman–Crippen LogP) is -1.50. The Hall–Kier alpha value is 0.861. The van der Waals surface area contributed by atoms with Gasteiger partial charge in [0.2, 0.25) is 0 Å². The van der Waals surface area contributed by atoms with E-state index < -0.39 is 12.6 Å². The Labute approximate surface area is 121 Å². The van der Waals surface area contributed by atoms with E-state index in [1.54, 1.807) is 0 Å². The van der Waals surface area contributed by atoms with Crippen LogP contribution in [0.4, 0.5) is 12.9 Å². The van der Waals surface area contributed by atoms with Gasteiger partial charge < -0.3 is 12.9 Å². The van der Waals surface area contributed by atoms with Crippen molar-refractivity contribution in [3.8, 4) is 0 Å². The van der Waals surface area contributed by atoms with E-state index in [1.165, 1.54) is 6.92 Å². The molecule has 8 heteroatoms. The van der Waals surface area contributed by atoms with Crippen LogP contribution in [0.1, 0.15) is 5.56 Å². The van der Waals surface area contributed by atoms with E-state index in [1.807, 2.05) is 0 Å².